The molecule has 2 aliphatic carbocycles. The van der Waals surface area contributed by atoms with Gasteiger partial charge in [0.15, 0.2) is 0 Å². The number of carbonyl (C=O) groups is 1. The zero-order valence-corrected chi connectivity index (χ0v) is 21.4. The third-order valence-corrected chi connectivity index (χ3v) is 7.68. The lowest BCUT2D eigenvalue weighted by molar-refractivity contribution is 0.146. The number of allylic oxidation sites excluding steroid dienone is 1. The van der Waals surface area contributed by atoms with Gasteiger partial charge in [0.1, 0.15) is 6.10 Å². The molecule has 1 aromatic heterocycles. The topological polar surface area (TPSA) is 60.9 Å². The molecule has 2 amide bonds. The van der Waals surface area contributed by atoms with E-state index in [-0.39, 0.29) is 18.2 Å². The van der Waals surface area contributed by atoms with Gasteiger partial charge in [-0.2, -0.15) is 0 Å². The second-order valence-corrected chi connectivity index (χ2v) is 10.2. The summed E-state index contributed by atoms with van der Waals surface area (Å²) in [6.45, 7) is 12.9. The fourth-order valence-electron chi connectivity index (χ4n) is 5.79. The Hall–Kier alpha value is -2.12. The van der Waals surface area contributed by atoms with Crippen LogP contribution in [0.4, 0.5) is 10.5 Å². The lowest BCUT2D eigenvalue weighted by atomic mass is 9.89. The maximum absolute atomic E-state index is 13.4. The van der Waals surface area contributed by atoms with Gasteiger partial charge in [-0.3, -0.25) is 4.90 Å². The van der Waals surface area contributed by atoms with Gasteiger partial charge in [0.05, 0.1) is 11.9 Å². The van der Waals surface area contributed by atoms with Gasteiger partial charge in [0.2, 0.25) is 5.88 Å². The summed E-state index contributed by atoms with van der Waals surface area (Å²) in [4.78, 5) is 24.3. The van der Waals surface area contributed by atoms with E-state index in [1.807, 2.05) is 17.0 Å². The van der Waals surface area contributed by atoms with Crippen LogP contribution in [0.1, 0.15) is 66.2 Å². The molecule has 1 saturated heterocycles. The van der Waals surface area contributed by atoms with E-state index in [4.69, 9.17) is 4.74 Å². The fourth-order valence-corrected chi connectivity index (χ4v) is 5.79. The number of nitrogens with one attached hydrogen (secondary N) is 1. The summed E-state index contributed by atoms with van der Waals surface area (Å²) in [6, 6.07) is 5.56. The second kappa shape index (κ2) is 11.5. The minimum atomic E-state index is 0.118. The molecule has 7 heteroatoms. The van der Waals surface area contributed by atoms with Gasteiger partial charge in [0.25, 0.3) is 0 Å². The van der Waals surface area contributed by atoms with Gasteiger partial charge in [-0.15, -0.1) is 0 Å². The van der Waals surface area contributed by atoms with E-state index in [1.54, 1.807) is 6.20 Å². The van der Waals surface area contributed by atoms with Crippen molar-refractivity contribution >= 4 is 11.7 Å². The minimum Gasteiger partial charge on any atom is -0.470 e. The summed E-state index contributed by atoms with van der Waals surface area (Å²) >= 11 is 0. The molecule has 1 aromatic rings. The largest absolute Gasteiger partial charge is 0.470 e. The maximum atomic E-state index is 13.4. The molecule has 4 rings (SSSR count). The van der Waals surface area contributed by atoms with Gasteiger partial charge in [-0.1, -0.05) is 19.9 Å². The Balaban J connectivity index is 1.28. The van der Waals surface area contributed by atoms with Crippen molar-refractivity contribution in [2.75, 3.05) is 31.1 Å². The van der Waals surface area contributed by atoms with Crippen molar-refractivity contribution < 1.29 is 9.53 Å². The highest BCUT2D eigenvalue weighted by Crippen LogP contribution is 2.32. The Kier molecular flexibility index (Phi) is 8.48. The number of rotatable bonds is 10. The highest BCUT2D eigenvalue weighted by molar-refractivity contribution is 5.94. The SMILES string of the molecule is CCN(CC)CC(C)NC1CCC(N2C(=O)N(c3ccc(OC4C=CCC4)nc3)CC2C)CC1. The van der Waals surface area contributed by atoms with Crippen molar-refractivity contribution in [3.8, 4) is 5.88 Å². The van der Waals surface area contributed by atoms with Crippen molar-refractivity contribution in [3.05, 3.63) is 30.5 Å². The predicted octanol–water partition coefficient (Wildman–Crippen LogP) is 4.44. The number of ether oxygens (including phenoxy) is 1. The van der Waals surface area contributed by atoms with Crippen LogP contribution in [0.15, 0.2) is 30.5 Å². The Labute approximate surface area is 205 Å². The molecule has 1 aliphatic heterocycles. The molecule has 3 aliphatic rings. The van der Waals surface area contributed by atoms with Gasteiger partial charge in [-0.05, 0) is 77.6 Å². The van der Waals surface area contributed by atoms with Crippen LogP contribution in [0.2, 0.25) is 0 Å². The molecule has 1 N–H and O–H groups in total. The van der Waals surface area contributed by atoms with E-state index in [9.17, 15) is 4.79 Å². The van der Waals surface area contributed by atoms with Crippen LogP contribution in [-0.2, 0) is 0 Å². The number of aromatic nitrogens is 1. The average Bonchev–Trinajstić information content (AvgIpc) is 3.46. The molecule has 3 unspecified atom stereocenters. The van der Waals surface area contributed by atoms with E-state index >= 15 is 0 Å². The Bertz CT molecular complexity index is 817. The van der Waals surface area contributed by atoms with E-state index < -0.39 is 0 Å². The Morgan fingerprint density at radius 3 is 2.56 bits per heavy atom. The third kappa shape index (κ3) is 5.92. The molecule has 0 bridgehead atoms. The normalized spacial score (nSPS) is 28.2. The molecule has 0 spiro atoms. The summed E-state index contributed by atoms with van der Waals surface area (Å²) in [7, 11) is 0. The summed E-state index contributed by atoms with van der Waals surface area (Å²) in [5, 5.41) is 3.84. The van der Waals surface area contributed by atoms with E-state index in [0.717, 1.165) is 63.8 Å². The van der Waals surface area contributed by atoms with Gasteiger partial charge in [-0.25, -0.2) is 9.78 Å². The number of likely N-dealkylation sites (N-methyl/N-ethyl adjacent to an activating group) is 1. The molecule has 7 nitrogen and oxygen atoms in total. The van der Waals surface area contributed by atoms with Crippen LogP contribution in [0.3, 0.4) is 0 Å². The Morgan fingerprint density at radius 2 is 1.94 bits per heavy atom. The van der Waals surface area contributed by atoms with Crippen molar-refractivity contribution in [1.29, 1.82) is 0 Å². The number of urea groups is 1. The molecule has 0 aromatic carbocycles. The number of amides is 2. The number of hydrogen-bond donors (Lipinski definition) is 1. The number of anilines is 1. The first-order chi connectivity index (χ1) is 16.5. The van der Waals surface area contributed by atoms with Gasteiger partial charge >= 0.3 is 6.03 Å². The van der Waals surface area contributed by atoms with Gasteiger partial charge in [0, 0.05) is 43.3 Å². The van der Waals surface area contributed by atoms with Crippen molar-refractivity contribution in [2.45, 2.75) is 96.5 Å². The van der Waals surface area contributed by atoms with Crippen LogP contribution in [0.25, 0.3) is 0 Å². The molecule has 1 saturated carbocycles. The standard InChI is InChI=1S/C27H43N5O2/c1-5-30(6-2)18-20(3)29-22-11-13-23(14-12-22)32-21(4)19-31(27(32)33)24-15-16-26(28-17-24)34-25-9-7-8-10-25/h7,9,15-17,20-23,25,29H,5-6,8,10-14,18-19H2,1-4H3. The quantitative estimate of drug-likeness (QED) is 0.514. The zero-order valence-electron chi connectivity index (χ0n) is 21.4. The van der Waals surface area contributed by atoms with Gasteiger partial charge < -0.3 is 19.9 Å². The lowest BCUT2D eigenvalue weighted by Crippen LogP contribution is -2.49. The van der Waals surface area contributed by atoms with E-state index in [1.165, 1.54) is 0 Å². The first-order valence-electron chi connectivity index (χ1n) is 13.4. The van der Waals surface area contributed by atoms with Crippen LogP contribution >= 0.6 is 0 Å². The lowest BCUT2D eigenvalue weighted by Gasteiger charge is -2.38. The van der Waals surface area contributed by atoms with Crippen molar-refractivity contribution in [1.82, 2.24) is 20.1 Å². The predicted molar refractivity (Wildman–Crippen MR) is 137 cm³/mol. The highest BCUT2D eigenvalue weighted by atomic mass is 16.5. The molecular weight excluding hydrogens is 426 g/mol. The first-order valence-corrected chi connectivity index (χ1v) is 13.4. The van der Waals surface area contributed by atoms with Crippen LogP contribution in [-0.4, -0.2) is 77.3 Å². The number of nitrogens with zero attached hydrogens (tertiary/aromatic N) is 4. The summed E-state index contributed by atoms with van der Waals surface area (Å²) < 4.78 is 5.91. The number of carbonyl (C=O) groups excluding carboxylic acids is 1. The molecular formula is C27H43N5O2. The summed E-state index contributed by atoms with van der Waals surface area (Å²) in [5.41, 5.74) is 0.856. The monoisotopic (exact) mass is 469 g/mol. The Morgan fingerprint density at radius 1 is 1.18 bits per heavy atom. The highest BCUT2D eigenvalue weighted by Gasteiger charge is 2.41. The molecule has 2 heterocycles. The van der Waals surface area contributed by atoms with Crippen molar-refractivity contribution in [2.24, 2.45) is 0 Å². The van der Waals surface area contributed by atoms with E-state index in [2.05, 4.69) is 59.9 Å². The third-order valence-electron chi connectivity index (χ3n) is 7.68. The molecule has 2 fully saturated rings. The van der Waals surface area contributed by atoms with Crippen LogP contribution in [0.5, 0.6) is 5.88 Å². The maximum Gasteiger partial charge on any atom is 0.325 e. The average molecular weight is 470 g/mol. The smallest absolute Gasteiger partial charge is 0.325 e. The zero-order chi connectivity index (χ0) is 24.1. The molecule has 34 heavy (non-hydrogen) atoms. The minimum absolute atomic E-state index is 0.118. The second-order valence-electron chi connectivity index (χ2n) is 10.2. The molecule has 3 atom stereocenters. The number of hydrogen-bond acceptors (Lipinski definition) is 5. The summed E-state index contributed by atoms with van der Waals surface area (Å²) in [6.07, 6.45) is 12.6. The molecule has 188 valence electrons. The van der Waals surface area contributed by atoms with Crippen LogP contribution in [0, 0.1) is 0 Å². The first kappa shape index (κ1) is 25.0. The summed E-state index contributed by atoms with van der Waals surface area (Å²) in [5.74, 6) is 0.623. The number of pyridine rings is 1. The fraction of sp³-hybridized carbons (Fsp3) is 0.704. The van der Waals surface area contributed by atoms with Crippen LogP contribution < -0.4 is 15.0 Å². The molecule has 0 radical (unpaired) electrons. The van der Waals surface area contributed by atoms with Crippen molar-refractivity contribution in [3.63, 3.8) is 0 Å². The van der Waals surface area contributed by atoms with E-state index in [0.29, 0.717) is 30.6 Å².